The van der Waals surface area contributed by atoms with Crippen LogP contribution >= 0.6 is 27.5 Å². The monoisotopic (exact) mass is 357 g/mol. The second kappa shape index (κ2) is 6.68. The minimum absolute atomic E-state index is 0.236. The van der Waals surface area contributed by atoms with Crippen LogP contribution in [0.3, 0.4) is 0 Å². The van der Waals surface area contributed by atoms with Gasteiger partial charge in [-0.3, -0.25) is 0 Å². The summed E-state index contributed by atoms with van der Waals surface area (Å²) < 4.78 is 13.6. The summed E-state index contributed by atoms with van der Waals surface area (Å²) in [6.45, 7) is 0.236. The van der Waals surface area contributed by atoms with Crippen LogP contribution in [0.5, 0.6) is 0 Å². The van der Waals surface area contributed by atoms with Gasteiger partial charge in [0.25, 0.3) is 0 Å². The van der Waals surface area contributed by atoms with Crippen LogP contribution in [0, 0.1) is 5.82 Å². The highest BCUT2D eigenvalue weighted by atomic mass is 79.9. The predicted octanol–water partition coefficient (Wildman–Crippen LogP) is 4.02. The highest BCUT2D eigenvalue weighted by Gasteiger charge is 2.23. The highest BCUT2D eigenvalue weighted by molar-refractivity contribution is 9.10. The lowest BCUT2D eigenvalue weighted by molar-refractivity contribution is 0.147. The van der Waals surface area contributed by atoms with Crippen LogP contribution in [0.15, 0.2) is 46.9 Å². The zero-order chi connectivity index (χ0) is 14.7. The van der Waals surface area contributed by atoms with Gasteiger partial charge in [0, 0.05) is 17.5 Å². The fraction of sp³-hybridized carbons (Fsp3) is 0.200. The molecule has 0 saturated heterocycles. The molecule has 0 heterocycles. The van der Waals surface area contributed by atoms with Crippen LogP contribution in [0.2, 0.25) is 5.02 Å². The first-order valence-corrected chi connectivity index (χ1v) is 7.29. The number of nitrogens with two attached hydrogens (primary N) is 1. The fourth-order valence-corrected chi connectivity index (χ4v) is 2.80. The minimum atomic E-state index is -0.850. The molecule has 2 aromatic carbocycles. The van der Waals surface area contributed by atoms with E-state index in [2.05, 4.69) is 15.9 Å². The van der Waals surface area contributed by atoms with Gasteiger partial charge in [0.1, 0.15) is 5.82 Å². The zero-order valence-corrected chi connectivity index (χ0v) is 12.9. The van der Waals surface area contributed by atoms with E-state index in [0.29, 0.717) is 15.1 Å². The third-order valence-electron chi connectivity index (χ3n) is 3.22. The standard InChI is InChI=1S/C15H14BrClFNO/c16-12-7-9(5-6-14(12)18)15(20)11(8-19)10-3-1-2-4-13(10)17/h1-7,11,15,20H,8,19H2. The van der Waals surface area contributed by atoms with Gasteiger partial charge in [0.05, 0.1) is 10.6 Å². The van der Waals surface area contributed by atoms with E-state index in [1.807, 2.05) is 18.2 Å². The Morgan fingerprint density at radius 2 is 1.95 bits per heavy atom. The SMILES string of the molecule is NCC(c1ccccc1Cl)C(O)c1ccc(F)c(Br)c1. The molecule has 20 heavy (non-hydrogen) atoms. The van der Waals surface area contributed by atoms with Crippen molar-refractivity contribution in [1.29, 1.82) is 0 Å². The van der Waals surface area contributed by atoms with Crippen molar-refractivity contribution in [3.63, 3.8) is 0 Å². The Hall–Kier alpha value is -0.940. The topological polar surface area (TPSA) is 46.2 Å². The molecule has 2 aromatic rings. The van der Waals surface area contributed by atoms with E-state index in [4.69, 9.17) is 17.3 Å². The summed E-state index contributed by atoms with van der Waals surface area (Å²) in [5.74, 6) is -0.718. The molecule has 0 aromatic heterocycles. The van der Waals surface area contributed by atoms with Crippen molar-refractivity contribution in [3.8, 4) is 0 Å². The van der Waals surface area contributed by atoms with Crippen molar-refractivity contribution in [2.75, 3.05) is 6.54 Å². The summed E-state index contributed by atoms with van der Waals surface area (Å²) in [5, 5.41) is 11.1. The van der Waals surface area contributed by atoms with Gasteiger partial charge in [-0.25, -0.2) is 4.39 Å². The largest absolute Gasteiger partial charge is 0.388 e. The summed E-state index contributed by atoms with van der Waals surface area (Å²) >= 11 is 9.26. The van der Waals surface area contributed by atoms with Gasteiger partial charge in [-0.2, -0.15) is 0 Å². The second-order valence-electron chi connectivity index (χ2n) is 4.48. The average molecular weight is 359 g/mol. The third kappa shape index (κ3) is 3.20. The number of benzene rings is 2. The Kier molecular flexibility index (Phi) is 5.16. The van der Waals surface area contributed by atoms with Crippen LogP contribution in [0.25, 0.3) is 0 Å². The first kappa shape index (κ1) is 15.4. The van der Waals surface area contributed by atoms with Gasteiger partial charge in [-0.1, -0.05) is 35.9 Å². The molecule has 106 valence electrons. The maximum atomic E-state index is 13.3. The van der Waals surface area contributed by atoms with Gasteiger partial charge in [0.2, 0.25) is 0 Å². The lowest BCUT2D eigenvalue weighted by Gasteiger charge is -2.23. The summed E-state index contributed by atoms with van der Waals surface area (Å²) in [6, 6.07) is 11.7. The number of aliphatic hydroxyl groups excluding tert-OH is 1. The molecular formula is C15H14BrClFNO. The Morgan fingerprint density at radius 1 is 1.25 bits per heavy atom. The first-order chi connectivity index (χ1) is 9.54. The van der Waals surface area contributed by atoms with Gasteiger partial charge in [0.15, 0.2) is 0 Å². The van der Waals surface area contributed by atoms with Crippen LogP contribution in [-0.4, -0.2) is 11.7 Å². The fourth-order valence-electron chi connectivity index (χ4n) is 2.13. The van der Waals surface area contributed by atoms with Crippen LogP contribution in [-0.2, 0) is 0 Å². The smallest absolute Gasteiger partial charge is 0.137 e. The molecule has 2 rings (SSSR count). The maximum Gasteiger partial charge on any atom is 0.137 e. The quantitative estimate of drug-likeness (QED) is 0.867. The van der Waals surface area contributed by atoms with Gasteiger partial charge >= 0.3 is 0 Å². The van der Waals surface area contributed by atoms with Gasteiger partial charge < -0.3 is 10.8 Å². The summed E-state index contributed by atoms with van der Waals surface area (Å²) in [7, 11) is 0. The lowest BCUT2D eigenvalue weighted by atomic mass is 9.89. The predicted molar refractivity (Wildman–Crippen MR) is 82.3 cm³/mol. The van der Waals surface area contributed by atoms with E-state index in [0.717, 1.165) is 5.56 Å². The molecule has 0 radical (unpaired) electrons. The maximum absolute atomic E-state index is 13.3. The molecule has 2 nitrogen and oxygen atoms in total. The lowest BCUT2D eigenvalue weighted by Crippen LogP contribution is -2.20. The van der Waals surface area contributed by atoms with Crippen LogP contribution in [0.4, 0.5) is 4.39 Å². The van der Waals surface area contributed by atoms with E-state index in [1.165, 1.54) is 6.07 Å². The molecule has 0 saturated carbocycles. The third-order valence-corrected chi connectivity index (χ3v) is 4.18. The Labute approximate surface area is 130 Å². The molecule has 2 atom stereocenters. The average Bonchev–Trinajstić information content (AvgIpc) is 2.44. The molecule has 0 fully saturated rings. The molecule has 2 unspecified atom stereocenters. The van der Waals surface area contributed by atoms with Crippen molar-refractivity contribution in [1.82, 2.24) is 0 Å². The van der Waals surface area contributed by atoms with Crippen molar-refractivity contribution in [2.24, 2.45) is 5.73 Å². The molecule has 0 aliphatic heterocycles. The zero-order valence-electron chi connectivity index (χ0n) is 10.6. The Balaban J connectivity index is 2.36. The van der Waals surface area contributed by atoms with E-state index in [-0.39, 0.29) is 18.3 Å². The van der Waals surface area contributed by atoms with Gasteiger partial charge in [-0.15, -0.1) is 0 Å². The molecule has 0 bridgehead atoms. The molecule has 0 spiro atoms. The van der Waals surface area contributed by atoms with E-state index in [1.54, 1.807) is 18.2 Å². The van der Waals surface area contributed by atoms with Crippen LogP contribution in [0.1, 0.15) is 23.1 Å². The van der Waals surface area contributed by atoms with Crippen molar-refractivity contribution in [2.45, 2.75) is 12.0 Å². The Bertz CT molecular complexity index is 608. The minimum Gasteiger partial charge on any atom is -0.388 e. The van der Waals surface area contributed by atoms with Crippen molar-refractivity contribution < 1.29 is 9.50 Å². The van der Waals surface area contributed by atoms with Gasteiger partial charge in [-0.05, 0) is 45.3 Å². The number of rotatable bonds is 4. The van der Waals surface area contributed by atoms with E-state index < -0.39 is 6.10 Å². The first-order valence-electron chi connectivity index (χ1n) is 6.12. The summed E-state index contributed by atoms with van der Waals surface area (Å²) in [6.07, 6.45) is -0.850. The number of aliphatic hydroxyl groups is 1. The van der Waals surface area contributed by atoms with Crippen molar-refractivity contribution >= 4 is 27.5 Å². The summed E-state index contributed by atoms with van der Waals surface area (Å²) in [5.41, 5.74) is 7.15. The molecular weight excluding hydrogens is 345 g/mol. The molecule has 0 amide bonds. The molecule has 0 aliphatic rings. The molecule has 3 N–H and O–H groups in total. The number of hydrogen-bond donors (Lipinski definition) is 2. The summed E-state index contributed by atoms with van der Waals surface area (Å²) in [4.78, 5) is 0. The number of hydrogen-bond acceptors (Lipinski definition) is 2. The normalized spacial score (nSPS) is 14.1. The van der Waals surface area contributed by atoms with E-state index in [9.17, 15) is 9.50 Å². The highest BCUT2D eigenvalue weighted by Crippen LogP contribution is 2.35. The van der Waals surface area contributed by atoms with Crippen LogP contribution < -0.4 is 5.73 Å². The number of halogens is 3. The van der Waals surface area contributed by atoms with Crippen molar-refractivity contribution in [3.05, 3.63) is 68.9 Å². The Morgan fingerprint density at radius 3 is 2.55 bits per heavy atom. The second-order valence-corrected chi connectivity index (χ2v) is 5.74. The molecule has 5 heteroatoms. The van der Waals surface area contributed by atoms with E-state index >= 15 is 0 Å². The molecule has 0 aliphatic carbocycles.